The van der Waals surface area contributed by atoms with Crippen molar-refractivity contribution in [2.75, 3.05) is 6.61 Å². The first-order valence-corrected chi connectivity index (χ1v) is 6.11. The van der Waals surface area contributed by atoms with E-state index in [1.807, 2.05) is 0 Å². The molecule has 3 rings (SSSR count). The first-order chi connectivity index (χ1) is 8.65. The highest BCUT2D eigenvalue weighted by Gasteiger charge is 2.33. The lowest BCUT2D eigenvalue weighted by Gasteiger charge is -2.04. The normalized spacial score (nSPS) is 22.1. The summed E-state index contributed by atoms with van der Waals surface area (Å²) in [5.74, 6) is 0.981. The van der Waals surface area contributed by atoms with E-state index in [0.717, 1.165) is 17.5 Å². The predicted octanol–water partition coefficient (Wildman–Crippen LogP) is 1.78. The third-order valence-electron chi connectivity index (χ3n) is 3.55. The molecule has 1 aliphatic rings. The van der Waals surface area contributed by atoms with Crippen molar-refractivity contribution in [3.63, 3.8) is 0 Å². The molecule has 0 spiro atoms. The summed E-state index contributed by atoms with van der Waals surface area (Å²) >= 11 is 0. The van der Waals surface area contributed by atoms with Gasteiger partial charge in [0.05, 0.1) is 17.7 Å². The van der Waals surface area contributed by atoms with Gasteiger partial charge in [-0.15, -0.1) is 5.10 Å². The number of carbonyl (C=O) groups is 1. The van der Waals surface area contributed by atoms with Gasteiger partial charge in [0.15, 0.2) is 0 Å². The number of carbonyl (C=O) groups excluding carboxylic acids is 1. The summed E-state index contributed by atoms with van der Waals surface area (Å²) in [7, 11) is 1.80. The number of hydrogen-bond acceptors (Lipinski definition) is 4. The molecule has 2 aromatic rings. The van der Waals surface area contributed by atoms with Crippen molar-refractivity contribution >= 4 is 17.0 Å². The lowest BCUT2D eigenvalue weighted by atomic mass is 10.2. The van der Waals surface area contributed by atoms with E-state index >= 15 is 0 Å². The molecule has 2 atom stereocenters. The van der Waals surface area contributed by atoms with Gasteiger partial charge in [0.25, 0.3) is 0 Å². The Hall–Kier alpha value is -1.91. The summed E-state index contributed by atoms with van der Waals surface area (Å²) in [6, 6.07) is 5.29. The summed E-state index contributed by atoms with van der Waals surface area (Å²) < 4.78 is 6.95. The first kappa shape index (κ1) is 11.2. The van der Waals surface area contributed by atoms with Crippen LogP contribution in [0.25, 0.3) is 11.0 Å². The van der Waals surface area contributed by atoms with E-state index in [9.17, 15) is 4.79 Å². The Balaban J connectivity index is 1.76. The van der Waals surface area contributed by atoms with Crippen molar-refractivity contribution in [3.05, 3.63) is 23.8 Å². The predicted molar refractivity (Wildman–Crippen MR) is 66.1 cm³/mol. The second-order valence-electron chi connectivity index (χ2n) is 4.99. The van der Waals surface area contributed by atoms with Gasteiger partial charge < -0.3 is 4.74 Å². The summed E-state index contributed by atoms with van der Waals surface area (Å²) in [5.41, 5.74) is 2.18. The van der Waals surface area contributed by atoms with Gasteiger partial charge >= 0.3 is 5.97 Å². The number of fused-ring (bicyclic) bond motifs is 1. The second-order valence-corrected chi connectivity index (χ2v) is 4.99. The van der Waals surface area contributed by atoms with E-state index in [4.69, 9.17) is 4.74 Å². The lowest BCUT2D eigenvalue weighted by molar-refractivity contribution is 0.0481. The van der Waals surface area contributed by atoms with Crippen LogP contribution in [0.5, 0.6) is 0 Å². The SMILES string of the molecule is CC1CC1COC(=O)c1ccc2nnn(C)c2c1. The van der Waals surface area contributed by atoms with E-state index in [-0.39, 0.29) is 5.97 Å². The molecule has 5 nitrogen and oxygen atoms in total. The van der Waals surface area contributed by atoms with Crippen molar-refractivity contribution < 1.29 is 9.53 Å². The van der Waals surface area contributed by atoms with E-state index in [1.54, 1.807) is 29.9 Å². The fourth-order valence-electron chi connectivity index (χ4n) is 2.05. The van der Waals surface area contributed by atoms with Gasteiger partial charge in [0.2, 0.25) is 0 Å². The summed E-state index contributed by atoms with van der Waals surface area (Å²) in [5, 5.41) is 7.88. The third-order valence-corrected chi connectivity index (χ3v) is 3.55. The topological polar surface area (TPSA) is 57.0 Å². The molecule has 1 aromatic heterocycles. The van der Waals surface area contributed by atoms with Gasteiger partial charge in [-0.3, -0.25) is 0 Å². The molecule has 0 saturated heterocycles. The number of nitrogens with zero attached hydrogens (tertiary/aromatic N) is 3. The zero-order valence-corrected chi connectivity index (χ0v) is 10.5. The quantitative estimate of drug-likeness (QED) is 0.773. The zero-order valence-electron chi connectivity index (χ0n) is 10.5. The summed E-state index contributed by atoms with van der Waals surface area (Å²) in [6.07, 6.45) is 1.16. The maximum atomic E-state index is 11.9. The van der Waals surface area contributed by atoms with Crippen LogP contribution in [0, 0.1) is 11.8 Å². The first-order valence-electron chi connectivity index (χ1n) is 6.11. The van der Waals surface area contributed by atoms with Crippen molar-refractivity contribution in [1.82, 2.24) is 15.0 Å². The lowest BCUT2D eigenvalue weighted by Crippen LogP contribution is -2.08. The van der Waals surface area contributed by atoms with Crippen LogP contribution in [0.4, 0.5) is 0 Å². The number of esters is 1. The fraction of sp³-hybridized carbons (Fsp3) is 0.462. The van der Waals surface area contributed by atoms with Crippen LogP contribution < -0.4 is 0 Å². The van der Waals surface area contributed by atoms with Crippen molar-refractivity contribution in [1.29, 1.82) is 0 Å². The van der Waals surface area contributed by atoms with E-state index in [0.29, 0.717) is 24.0 Å². The Morgan fingerprint density at radius 1 is 1.56 bits per heavy atom. The Labute approximate surface area is 105 Å². The van der Waals surface area contributed by atoms with Gasteiger partial charge in [-0.1, -0.05) is 12.1 Å². The smallest absolute Gasteiger partial charge is 0.338 e. The molecule has 0 aliphatic heterocycles. The molecular weight excluding hydrogens is 230 g/mol. The number of hydrogen-bond donors (Lipinski definition) is 0. The molecule has 1 aromatic carbocycles. The Kier molecular flexibility index (Phi) is 2.54. The number of ether oxygens (including phenoxy) is 1. The largest absolute Gasteiger partial charge is 0.462 e. The molecule has 2 unspecified atom stereocenters. The number of aromatic nitrogens is 3. The second kappa shape index (κ2) is 4.08. The van der Waals surface area contributed by atoms with Crippen molar-refractivity contribution in [2.24, 2.45) is 18.9 Å². The minimum Gasteiger partial charge on any atom is -0.462 e. The summed E-state index contributed by atoms with van der Waals surface area (Å²) in [4.78, 5) is 11.9. The summed E-state index contributed by atoms with van der Waals surface area (Å²) in [6.45, 7) is 2.70. The fourth-order valence-corrected chi connectivity index (χ4v) is 2.05. The van der Waals surface area contributed by atoms with E-state index in [1.165, 1.54) is 0 Å². The Bertz CT molecular complexity index is 605. The molecule has 94 valence electrons. The highest BCUT2D eigenvalue weighted by Crippen LogP contribution is 2.37. The molecule has 1 fully saturated rings. The molecule has 0 bridgehead atoms. The minimum atomic E-state index is -0.266. The van der Waals surface area contributed by atoms with Crippen LogP contribution in [-0.4, -0.2) is 27.6 Å². The van der Waals surface area contributed by atoms with Crippen molar-refractivity contribution in [3.8, 4) is 0 Å². The van der Waals surface area contributed by atoms with Gasteiger partial charge in [0, 0.05) is 7.05 Å². The van der Waals surface area contributed by atoms with Crippen molar-refractivity contribution in [2.45, 2.75) is 13.3 Å². The maximum absolute atomic E-state index is 11.9. The highest BCUT2D eigenvalue weighted by molar-refractivity contribution is 5.93. The average Bonchev–Trinajstić information content (AvgIpc) is 2.96. The standard InChI is InChI=1S/C13H15N3O2/c1-8-5-10(8)7-18-13(17)9-3-4-11-12(6-9)16(2)15-14-11/h3-4,6,8,10H,5,7H2,1-2H3. The molecule has 0 radical (unpaired) electrons. The molecular formula is C13H15N3O2. The maximum Gasteiger partial charge on any atom is 0.338 e. The van der Waals surface area contributed by atoms with Crippen LogP contribution >= 0.6 is 0 Å². The molecule has 1 aliphatic carbocycles. The van der Waals surface area contributed by atoms with E-state index < -0.39 is 0 Å². The molecule has 18 heavy (non-hydrogen) atoms. The Morgan fingerprint density at radius 2 is 2.33 bits per heavy atom. The van der Waals surface area contributed by atoms with Crippen LogP contribution in [-0.2, 0) is 11.8 Å². The molecule has 5 heteroatoms. The molecule has 0 N–H and O–H groups in total. The Morgan fingerprint density at radius 3 is 3.06 bits per heavy atom. The molecule has 0 amide bonds. The van der Waals surface area contributed by atoms with Gasteiger partial charge in [-0.25, -0.2) is 9.48 Å². The molecule has 1 saturated carbocycles. The molecule has 1 heterocycles. The number of benzene rings is 1. The number of aryl methyl sites for hydroxylation is 1. The number of rotatable bonds is 3. The minimum absolute atomic E-state index is 0.266. The van der Waals surface area contributed by atoms with Crippen LogP contribution in [0.15, 0.2) is 18.2 Å². The van der Waals surface area contributed by atoms with Crippen LogP contribution in [0.3, 0.4) is 0 Å². The van der Waals surface area contributed by atoms with E-state index in [2.05, 4.69) is 17.2 Å². The van der Waals surface area contributed by atoms with Gasteiger partial charge in [-0.05, 0) is 36.5 Å². The monoisotopic (exact) mass is 245 g/mol. The van der Waals surface area contributed by atoms with Gasteiger partial charge in [0.1, 0.15) is 5.52 Å². The third kappa shape index (κ3) is 1.96. The van der Waals surface area contributed by atoms with Gasteiger partial charge in [-0.2, -0.15) is 0 Å². The van der Waals surface area contributed by atoms with Crippen LogP contribution in [0.1, 0.15) is 23.7 Å². The van der Waals surface area contributed by atoms with Crippen LogP contribution in [0.2, 0.25) is 0 Å². The zero-order chi connectivity index (χ0) is 12.7. The average molecular weight is 245 g/mol. The highest BCUT2D eigenvalue weighted by atomic mass is 16.5.